The Morgan fingerprint density at radius 1 is 1.18 bits per heavy atom. The van der Waals surface area contributed by atoms with Crippen molar-refractivity contribution < 1.29 is 17.9 Å². The van der Waals surface area contributed by atoms with Gasteiger partial charge < -0.3 is 10.1 Å². The fourth-order valence-electron chi connectivity index (χ4n) is 2.55. The van der Waals surface area contributed by atoms with Crippen LogP contribution in [0.25, 0.3) is 0 Å². The molecule has 0 bridgehead atoms. The first-order valence-electron chi connectivity index (χ1n) is 8.51. The van der Waals surface area contributed by atoms with E-state index in [9.17, 15) is 13.2 Å². The molecule has 0 aliphatic heterocycles. The predicted molar refractivity (Wildman–Crippen MR) is 113 cm³/mol. The zero-order chi connectivity index (χ0) is 20.9. The Hall–Kier alpha value is -1.96. The fourth-order valence-corrected chi connectivity index (χ4v) is 4.02. The van der Waals surface area contributed by atoms with Crippen LogP contribution in [0.3, 0.4) is 0 Å². The summed E-state index contributed by atoms with van der Waals surface area (Å²) in [5.41, 5.74) is 1.30. The SMILES string of the molecule is Cc1ccc(OCCNC(=O)C(C)N(c2ccc(Cl)cc2)S(C)(=O)=O)cc1Cl. The van der Waals surface area contributed by atoms with Crippen LogP contribution in [0, 0.1) is 6.92 Å². The van der Waals surface area contributed by atoms with E-state index in [1.54, 1.807) is 36.4 Å². The minimum absolute atomic E-state index is 0.215. The number of rotatable bonds is 8. The van der Waals surface area contributed by atoms with Gasteiger partial charge >= 0.3 is 0 Å². The molecule has 1 amide bonds. The number of benzene rings is 2. The number of carbonyl (C=O) groups is 1. The van der Waals surface area contributed by atoms with Crippen LogP contribution in [0.15, 0.2) is 42.5 Å². The largest absolute Gasteiger partial charge is 0.492 e. The highest BCUT2D eigenvalue weighted by molar-refractivity contribution is 7.92. The molecular weight excluding hydrogens is 423 g/mol. The molecule has 0 aliphatic carbocycles. The van der Waals surface area contributed by atoms with Gasteiger partial charge in [0.05, 0.1) is 18.5 Å². The molecule has 1 N–H and O–H groups in total. The maximum Gasteiger partial charge on any atom is 0.243 e. The molecule has 0 fully saturated rings. The molecule has 0 saturated heterocycles. The van der Waals surface area contributed by atoms with Crippen molar-refractivity contribution >= 4 is 44.8 Å². The number of amides is 1. The summed E-state index contributed by atoms with van der Waals surface area (Å²) in [6.45, 7) is 3.85. The summed E-state index contributed by atoms with van der Waals surface area (Å²) in [7, 11) is -3.67. The van der Waals surface area contributed by atoms with Crippen molar-refractivity contribution in [2.24, 2.45) is 0 Å². The van der Waals surface area contributed by atoms with Crippen LogP contribution >= 0.6 is 23.2 Å². The highest BCUT2D eigenvalue weighted by Crippen LogP contribution is 2.23. The molecule has 2 rings (SSSR count). The molecule has 0 spiro atoms. The second kappa shape index (κ2) is 9.49. The van der Waals surface area contributed by atoms with E-state index in [4.69, 9.17) is 27.9 Å². The zero-order valence-corrected chi connectivity index (χ0v) is 18.1. The highest BCUT2D eigenvalue weighted by Gasteiger charge is 2.28. The van der Waals surface area contributed by atoms with Crippen molar-refractivity contribution in [3.63, 3.8) is 0 Å². The third-order valence-electron chi connectivity index (χ3n) is 3.98. The lowest BCUT2D eigenvalue weighted by Crippen LogP contribution is -2.48. The van der Waals surface area contributed by atoms with Gasteiger partial charge in [-0.3, -0.25) is 9.10 Å². The third kappa shape index (κ3) is 6.02. The molecule has 1 unspecified atom stereocenters. The van der Waals surface area contributed by atoms with Gasteiger partial charge in [-0.05, 0) is 55.8 Å². The summed E-state index contributed by atoms with van der Waals surface area (Å²) in [5.74, 6) is 0.155. The van der Waals surface area contributed by atoms with Crippen LogP contribution in [0.5, 0.6) is 5.75 Å². The number of anilines is 1. The minimum Gasteiger partial charge on any atom is -0.492 e. The number of nitrogens with zero attached hydrogens (tertiary/aromatic N) is 1. The van der Waals surface area contributed by atoms with Crippen molar-refractivity contribution in [1.29, 1.82) is 0 Å². The number of sulfonamides is 1. The predicted octanol–water partition coefficient (Wildman–Crippen LogP) is 3.65. The van der Waals surface area contributed by atoms with Crippen LogP contribution in [0.4, 0.5) is 5.69 Å². The van der Waals surface area contributed by atoms with E-state index in [-0.39, 0.29) is 13.2 Å². The van der Waals surface area contributed by atoms with Crippen LogP contribution < -0.4 is 14.4 Å². The number of hydrogen-bond donors (Lipinski definition) is 1. The van der Waals surface area contributed by atoms with Gasteiger partial charge in [-0.2, -0.15) is 0 Å². The van der Waals surface area contributed by atoms with Gasteiger partial charge in [0, 0.05) is 10.0 Å². The smallest absolute Gasteiger partial charge is 0.243 e. The van der Waals surface area contributed by atoms with E-state index in [0.29, 0.717) is 21.5 Å². The maximum absolute atomic E-state index is 12.5. The Kier molecular flexibility index (Phi) is 7.57. The summed E-state index contributed by atoms with van der Waals surface area (Å²) in [6.07, 6.45) is 1.05. The zero-order valence-electron chi connectivity index (χ0n) is 15.8. The molecule has 0 saturated carbocycles. The molecule has 0 radical (unpaired) electrons. The average Bonchev–Trinajstić information content (AvgIpc) is 2.62. The highest BCUT2D eigenvalue weighted by atomic mass is 35.5. The maximum atomic E-state index is 12.5. The minimum atomic E-state index is -3.67. The first-order valence-corrected chi connectivity index (χ1v) is 11.1. The van der Waals surface area contributed by atoms with Crippen LogP contribution in [0.1, 0.15) is 12.5 Å². The number of nitrogens with one attached hydrogen (secondary N) is 1. The van der Waals surface area contributed by atoms with E-state index in [0.717, 1.165) is 16.1 Å². The van der Waals surface area contributed by atoms with Gasteiger partial charge in [-0.1, -0.05) is 29.3 Å². The van der Waals surface area contributed by atoms with Crippen LogP contribution in [0.2, 0.25) is 10.0 Å². The lowest BCUT2D eigenvalue weighted by molar-refractivity contribution is -0.121. The molecule has 2 aromatic carbocycles. The van der Waals surface area contributed by atoms with E-state index in [1.807, 2.05) is 13.0 Å². The molecule has 28 heavy (non-hydrogen) atoms. The Morgan fingerprint density at radius 3 is 2.39 bits per heavy atom. The number of ether oxygens (including phenoxy) is 1. The summed E-state index contributed by atoms with van der Waals surface area (Å²) in [5, 5.41) is 3.76. The molecule has 1 atom stereocenters. The molecule has 152 valence electrons. The first-order chi connectivity index (χ1) is 13.1. The van der Waals surface area contributed by atoms with Crippen molar-refractivity contribution in [3.05, 3.63) is 58.1 Å². The Labute approximate surface area is 175 Å². The van der Waals surface area contributed by atoms with Gasteiger partial charge in [0.15, 0.2) is 0 Å². The quantitative estimate of drug-likeness (QED) is 0.630. The van der Waals surface area contributed by atoms with Gasteiger partial charge in [0.2, 0.25) is 15.9 Å². The molecule has 6 nitrogen and oxygen atoms in total. The van der Waals surface area contributed by atoms with Crippen LogP contribution in [-0.4, -0.2) is 39.8 Å². The monoisotopic (exact) mass is 444 g/mol. The summed E-state index contributed by atoms with van der Waals surface area (Å²) < 4.78 is 31.0. The standard InChI is InChI=1S/C19H22Cl2N2O4S/c1-13-4-9-17(12-18(13)21)27-11-10-22-19(24)14(2)23(28(3,25)26)16-7-5-15(20)6-8-16/h4-9,12,14H,10-11H2,1-3H3,(H,22,24). The van der Waals surface area contributed by atoms with Gasteiger partial charge in [0.1, 0.15) is 18.4 Å². The van der Waals surface area contributed by atoms with Crippen molar-refractivity contribution in [2.75, 3.05) is 23.7 Å². The molecule has 0 aromatic heterocycles. The molecule has 0 heterocycles. The lowest BCUT2D eigenvalue weighted by Gasteiger charge is -2.28. The Morgan fingerprint density at radius 2 is 1.82 bits per heavy atom. The topological polar surface area (TPSA) is 75.7 Å². The second-order valence-electron chi connectivity index (χ2n) is 6.26. The van der Waals surface area contributed by atoms with Gasteiger partial charge in [0.25, 0.3) is 0 Å². The molecular formula is C19H22Cl2N2O4S. The van der Waals surface area contributed by atoms with Crippen LogP contribution in [-0.2, 0) is 14.8 Å². The average molecular weight is 445 g/mol. The lowest BCUT2D eigenvalue weighted by atomic mass is 10.2. The summed E-state index contributed by atoms with van der Waals surface area (Å²) in [6, 6.07) is 10.6. The van der Waals surface area contributed by atoms with E-state index < -0.39 is 22.0 Å². The normalized spacial score (nSPS) is 12.3. The Bertz CT molecular complexity index is 933. The van der Waals surface area contributed by atoms with E-state index in [2.05, 4.69) is 5.32 Å². The third-order valence-corrected chi connectivity index (χ3v) is 5.88. The second-order valence-corrected chi connectivity index (χ2v) is 8.96. The van der Waals surface area contributed by atoms with Crippen molar-refractivity contribution in [1.82, 2.24) is 5.32 Å². The fraction of sp³-hybridized carbons (Fsp3) is 0.316. The number of aryl methyl sites for hydroxylation is 1. The Balaban J connectivity index is 1.97. The van der Waals surface area contributed by atoms with Crippen molar-refractivity contribution in [2.45, 2.75) is 19.9 Å². The van der Waals surface area contributed by atoms with E-state index in [1.165, 1.54) is 6.92 Å². The summed E-state index contributed by atoms with van der Waals surface area (Å²) >= 11 is 11.9. The molecule has 9 heteroatoms. The van der Waals surface area contributed by atoms with E-state index >= 15 is 0 Å². The first kappa shape index (κ1) is 22.3. The molecule has 0 aliphatic rings. The number of carbonyl (C=O) groups excluding carboxylic acids is 1. The van der Waals surface area contributed by atoms with Crippen molar-refractivity contribution in [3.8, 4) is 5.75 Å². The number of halogens is 2. The molecule has 2 aromatic rings. The number of hydrogen-bond acceptors (Lipinski definition) is 4. The van der Waals surface area contributed by atoms with Gasteiger partial charge in [-0.15, -0.1) is 0 Å². The summed E-state index contributed by atoms with van der Waals surface area (Å²) in [4.78, 5) is 12.5. The van der Waals surface area contributed by atoms with Gasteiger partial charge in [-0.25, -0.2) is 8.42 Å².